The van der Waals surface area contributed by atoms with Gasteiger partial charge in [-0.25, -0.2) is 0 Å². The predicted molar refractivity (Wildman–Crippen MR) is 114 cm³/mol. The molecule has 0 bridgehead atoms. The summed E-state index contributed by atoms with van der Waals surface area (Å²) in [6.07, 6.45) is 13.1. The average molecular weight is 416 g/mol. The lowest BCUT2D eigenvalue weighted by atomic mass is 9.83. The summed E-state index contributed by atoms with van der Waals surface area (Å²) in [6, 6.07) is 0. The maximum absolute atomic E-state index is 11.6. The molecule has 0 aliphatic rings. The summed E-state index contributed by atoms with van der Waals surface area (Å²) < 4.78 is 0.357. The van der Waals surface area contributed by atoms with Crippen LogP contribution in [0.4, 0.5) is 0 Å². The number of carbonyl (C=O) groups excluding carboxylic acids is 1. The van der Waals surface area contributed by atoms with Gasteiger partial charge in [0.2, 0.25) is 0 Å². The number of carboxylic acids is 2. The summed E-state index contributed by atoms with van der Waals surface area (Å²) in [5.74, 6) is -5.12. The number of nitrogens with zero attached hydrogens (tertiary/aromatic N) is 1. The molecule has 3 unspecified atom stereocenters. The van der Waals surface area contributed by atoms with Crippen molar-refractivity contribution in [2.24, 2.45) is 11.8 Å². The fraction of sp³-hybridized carbons (Fsp3) is 0.913. The maximum Gasteiger partial charge on any atom is 0.307 e. The first-order chi connectivity index (χ1) is 13.6. The molecule has 6 nitrogen and oxygen atoms in total. The van der Waals surface area contributed by atoms with Crippen molar-refractivity contribution in [3.8, 4) is 0 Å². The summed E-state index contributed by atoms with van der Waals surface area (Å²) >= 11 is 0. The van der Waals surface area contributed by atoms with E-state index in [9.17, 15) is 24.9 Å². The van der Waals surface area contributed by atoms with Crippen LogP contribution in [-0.2, 0) is 9.59 Å². The number of quaternary nitrogens is 1. The first-order valence-electron chi connectivity index (χ1n) is 11.5. The smallest absolute Gasteiger partial charge is 0.307 e. The summed E-state index contributed by atoms with van der Waals surface area (Å²) in [4.78, 5) is 23.2. The molecule has 0 aromatic carbocycles. The molecule has 2 N–H and O–H groups in total. The number of hydrogen-bond donors (Lipinski definition) is 2. The van der Waals surface area contributed by atoms with Crippen molar-refractivity contribution in [2.45, 2.75) is 96.5 Å². The quantitative estimate of drug-likeness (QED) is 0.249. The highest BCUT2D eigenvalue weighted by Gasteiger charge is 2.36. The third-order valence-electron chi connectivity index (χ3n) is 5.54. The minimum atomic E-state index is -1.47. The van der Waals surface area contributed by atoms with Crippen LogP contribution >= 0.6 is 0 Å². The van der Waals surface area contributed by atoms with Crippen molar-refractivity contribution in [3.05, 3.63) is 0 Å². The van der Waals surface area contributed by atoms with Gasteiger partial charge in [-0.1, -0.05) is 84.0 Å². The fourth-order valence-corrected chi connectivity index (χ4v) is 3.93. The Hall–Kier alpha value is -1.14. The molecule has 0 amide bonds. The van der Waals surface area contributed by atoms with Gasteiger partial charge in [-0.15, -0.1) is 0 Å². The van der Waals surface area contributed by atoms with Gasteiger partial charge in [-0.05, 0) is 6.42 Å². The van der Waals surface area contributed by atoms with E-state index in [1.54, 1.807) is 0 Å². The third-order valence-corrected chi connectivity index (χ3v) is 5.54. The zero-order valence-corrected chi connectivity index (χ0v) is 19.2. The monoisotopic (exact) mass is 415 g/mol. The van der Waals surface area contributed by atoms with Crippen LogP contribution in [0.1, 0.15) is 90.4 Å². The van der Waals surface area contributed by atoms with Gasteiger partial charge in [0.15, 0.2) is 0 Å². The molecule has 0 radical (unpaired) electrons. The zero-order valence-electron chi connectivity index (χ0n) is 19.2. The lowest BCUT2D eigenvalue weighted by Gasteiger charge is -2.34. The molecule has 0 spiro atoms. The van der Waals surface area contributed by atoms with Crippen LogP contribution in [0.25, 0.3) is 0 Å². The molecule has 0 aliphatic heterocycles. The molecule has 0 saturated heterocycles. The topological polar surface area (TPSA) is 97.7 Å². The Labute approximate surface area is 177 Å². The summed E-state index contributed by atoms with van der Waals surface area (Å²) in [6.45, 7) is 2.39. The van der Waals surface area contributed by atoms with Gasteiger partial charge in [-0.2, -0.15) is 0 Å². The van der Waals surface area contributed by atoms with Crippen molar-refractivity contribution >= 4 is 11.9 Å². The molecule has 0 aliphatic carbocycles. The van der Waals surface area contributed by atoms with Crippen LogP contribution in [0, 0.1) is 11.8 Å². The molecule has 0 fully saturated rings. The van der Waals surface area contributed by atoms with E-state index in [-0.39, 0.29) is 13.0 Å². The molecule has 0 saturated carbocycles. The van der Waals surface area contributed by atoms with Gasteiger partial charge in [0, 0.05) is 11.9 Å². The first-order valence-corrected chi connectivity index (χ1v) is 11.5. The maximum atomic E-state index is 11.6. The second-order valence-electron chi connectivity index (χ2n) is 9.51. The number of hydrogen-bond acceptors (Lipinski definition) is 4. The molecule has 0 aromatic heterocycles. The second-order valence-corrected chi connectivity index (χ2v) is 9.51. The van der Waals surface area contributed by atoms with E-state index in [1.165, 1.54) is 51.4 Å². The van der Waals surface area contributed by atoms with Crippen molar-refractivity contribution in [1.29, 1.82) is 0 Å². The molecule has 3 atom stereocenters. The largest absolute Gasteiger partial charge is 0.550 e. The number of aliphatic hydroxyl groups is 1. The fourth-order valence-electron chi connectivity index (χ4n) is 3.93. The number of likely N-dealkylation sites (N-methyl/N-ethyl adjacent to an activating group) is 1. The van der Waals surface area contributed by atoms with Crippen LogP contribution in [0.3, 0.4) is 0 Å². The van der Waals surface area contributed by atoms with Crippen molar-refractivity contribution in [3.63, 3.8) is 0 Å². The van der Waals surface area contributed by atoms with Crippen LogP contribution < -0.4 is 5.11 Å². The lowest BCUT2D eigenvalue weighted by molar-refractivity contribution is -0.874. The molecule has 6 heteroatoms. The number of rotatable bonds is 19. The van der Waals surface area contributed by atoms with Crippen LogP contribution in [0.15, 0.2) is 0 Å². The minimum absolute atomic E-state index is 0.168. The van der Waals surface area contributed by atoms with Crippen LogP contribution in [-0.4, -0.2) is 60.4 Å². The van der Waals surface area contributed by atoms with Crippen LogP contribution in [0.2, 0.25) is 0 Å². The highest BCUT2D eigenvalue weighted by atomic mass is 16.4. The molecule has 172 valence electrons. The van der Waals surface area contributed by atoms with E-state index in [4.69, 9.17) is 0 Å². The Balaban J connectivity index is 4.17. The first kappa shape index (κ1) is 27.9. The Morgan fingerprint density at radius 2 is 1.24 bits per heavy atom. The number of unbranched alkanes of at least 4 members (excludes halogenated alkanes) is 11. The van der Waals surface area contributed by atoms with Crippen molar-refractivity contribution in [2.75, 3.05) is 27.7 Å². The highest BCUT2D eigenvalue weighted by Crippen LogP contribution is 2.24. The van der Waals surface area contributed by atoms with Crippen molar-refractivity contribution in [1.82, 2.24) is 0 Å². The molecule has 0 aromatic rings. The standard InChI is InChI=1S/C23H45NO5/c1-5-6-7-8-9-10-11-12-13-14-15-16-17-19(22(26)27)21(23(28)29)20(25)18-24(2,3)4/h19-21,25H,5-18H2,1-4H3,(H-,26,27,28,29). The van der Waals surface area contributed by atoms with Gasteiger partial charge in [-0.3, -0.25) is 4.79 Å². The summed E-state index contributed by atoms with van der Waals surface area (Å²) in [7, 11) is 5.49. The molecule has 29 heavy (non-hydrogen) atoms. The Kier molecular flexibility index (Phi) is 15.1. The van der Waals surface area contributed by atoms with Gasteiger partial charge >= 0.3 is 5.97 Å². The number of aliphatic hydroxyl groups excluding tert-OH is 1. The SMILES string of the molecule is CCCCCCCCCCCCCCC(C(=O)O)C(C(=O)[O-])C(O)C[N+](C)(C)C. The normalized spacial score (nSPS) is 15.1. The molecule has 0 rings (SSSR count). The van der Waals surface area contributed by atoms with E-state index < -0.39 is 29.9 Å². The number of aliphatic carboxylic acids is 2. The molecular weight excluding hydrogens is 370 g/mol. The van der Waals surface area contributed by atoms with Gasteiger partial charge < -0.3 is 24.6 Å². The molecular formula is C23H45NO5. The highest BCUT2D eigenvalue weighted by molar-refractivity contribution is 5.79. The Morgan fingerprint density at radius 3 is 1.59 bits per heavy atom. The van der Waals surface area contributed by atoms with E-state index in [0.29, 0.717) is 10.9 Å². The molecule has 0 heterocycles. The van der Waals surface area contributed by atoms with Gasteiger partial charge in [0.1, 0.15) is 12.6 Å². The lowest BCUT2D eigenvalue weighted by Crippen LogP contribution is -2.52. The van der Waals surface area contributed by atoms with Gasteiger partial charge in [0.05, 0.1) is 27.1 Å². The van der Waals surface area contributed by atoms with Crippen molar-refractivity contribution < 1.29 is 29.4 Å². The van der Waals surface area contributed by atoms with E-state index in [0.717, 1.165) is 19.3 Å². The minimum Gasteiger partial charge on any atom is -0.550 e. The zero-order chi connectivity index (χ0) is 22.3. The average Bonchev–Trinajstić information content (AvgIpc) is 2.59. The second kappa shape index (κ2) is 15.7. The number of carbonyl (C=O) groups is 2. The Morgan fingerprint density at radius 1 is 0.828 bits per heavy atom. The van der Waals surface area contributed by atoms with Gasteiger partial charge in [0.25, 0.3) is 0 Å². The predicted octanol–water partition coefficient (Wildman–Crippen LogP) is 3.21. The Bertz CT molecular complexity index is 447. The van der Waals surface area contributed by atoms with Crippen LogP contribution in [0.5, 0.6) is 0 Å². The van der Waals surface area contributed by atoms with E-state index in [2.05, 4.69) is 6.92 Å². The van der Waals surface area contributed by atoms with E-state index in [1.807, 2.05) is 21.1 Å². The third kappa shape index (κ3) is 14.5. The summed E-state index contributed by atoms with van der Waals surface area (Å²) in [5, 5.41) is 31.4. The number of carboxylic acid groups (broad SMARTS) is 2. The summed E-state index contributed by atoms with van der Waals surface area (Å²) in [5.41, 5.74) is 0. The van der Waals surface area contributed by atoms with E-state index >= 15 is 0 Å².